The largest absolute Gasteiger partial charge is 0.309 e. The molecule has 2 heteroatoms. The van der Waals surface area contributed by atoms with E-state index in [1.165, 1.54) is 66.5 Å². The summed E-state index contributed by atoms with van der Waals surface area (Å²) in [6, 6.07) is 87.8. The first-order valence-electron chi connectivity index (χ1n) is 20.6. The number of rotatable bonds is 8. The molecule has 0 N–H and O–H groups in total. The Balaban J connectivity index is 1.18. The molecular weight excluding hydrogens is 725 g/mol. The zero-order chi connectivity index (χ0) is 39.8. The number of fused-ring (bicyclic) bond motifs is 2. The maximum atomic E-state index is 2.48. The molecule has 0 atom stereocenters. The smallest absolute Gasteiger partial charge is 0.0620 e. The molecule has 2 heterocycles. The van der Waals surface area contributed by atoms with Crippen LogP contribution >= 0.6 is 0 Å². The van der Waals surface area contributed by atoms with Gasteiger partial charge in [-0.15, -0.1) is 0 Å². The van der Waals surface area contributed by atoms with Crippen LogP contribution in [0.5, 0.6) is 0 Å². The fraction of sp³-hybridized carbons (Fsp3) is 0. The molecule has 9 aromatic carbocycles. The summed E-state index contributed by atoms with van der Waals surface area (Å²) in [6.45, 7) is 0. The minimum Gasteiger partial charge on any atom is -0.309 e. The van der Waals surface area contributed by atoms with Crippen molar-refractivity contribution in [2.75, 3.05) is 0 Å². The molecule has 11 aromatic rings. The normalized spacial score (nSPS) is 11.3. The van der Waals surface area contributed by atoms with Crippen LogP contribution in [0.2, 0.25) is 0 Å². The average Bonchev–Trinajstić information content (AvgIpc) is 3.86. The van der Waals surface area contributed by atoms with Crippen LogP contribution in [0.15, 0.2) is 243 Å². The Bertz CT molecular complexity index is 3230. The van der Waals surface area contributed by atoms with Crippen molar-refractivity contribution in [3.8, 4) is 78.4 Å². The third-order valence-electron chi connectivity index (χ3n) is 11.8. The van der Waals surface area contributed by atoms with Crippen molar-refractivity contribution in [3.63, 3.8) is 0 Å². The van der Waals surface area contributed by atoms with Gasteiger partial charge in [-0.25, -0.2) is 0 Å². The van der Waals surface area contributed by atoms with E-state index in [4.69, 9.17) is 0 Å². The van der Waals surface area contributed by atoms with E-state index in [9.17, 15) is 0 Å². The second-order valence-electron chi connectivity index (χ2n) is 15.3. The number of hydrogen-bond donors (Lipinski definition) is 0. The van der Waals surface area contributed by atoms with Gasteiger partial charge in [0, 0.05) is 33.3 Å². The summed E-state index contributed by atoms with van der Waals surface area (Å²) in [5.74, 6) is 0. The minimum absolute atomic E-state index is 1.11. The van der Waals surface area contributed by atoms with Gasteiger partial charge in [0.15, 0.2) is 0 Å². The fourth-order valence-electron chi connectivity index (χ4n) is 8.98. The van der Waals surface area contributed by atoms with E-state index in [1.807, 2.05) is 0 Å². The van der Waals surface area contributed by atoms with Crippen LogP contribution in [-0.2, 0) is 0 Å². The lowest BCUT2D eigenvalue weighted by Crippen LogP contribution is -1.99. The van der Waals surface area contributed by atoms with E-state index >= 15 is 0 Å². The lowest BCUT2D eigenvalue weighted by atomic mass is 9.92. The van der Waals surface area contributed by atoms with Gasteiger partial charge in [0.25, 0.3) is 0 Å². The zero-order valence-corrected chi connectivity index (χ0v) is 33.0. The van der Waals surface area contributed by atoms with Crippen molar-refractivity contribution in [3.05, 3.63) is 243 Å². The molecule has 0 radical (unpaired) electrons. The van der Waals surface area contributed by atoms with Crippen LogP contribution in [0.4, 0.5) is 0 Å². The first-order valence-corrected chi connectivity index (χ1v) is 20.6. The van der Waals surface area contributed by atoms with Crippen molar-refractivity contribution < 1.29 is 0 Å². The van der Waals surface area contributed by atoms with E-state index in [-0.39, 0.29) is 0 Å². The van der Waals surface area contributed by atoms with Crippen LogP contribution in [-0.4, -0.2) is 9.13 Å². The number of para-hydroxylation sites is 3. The third kappa shape index (κ3) is 6.14. The van der Waals surface area contributed by atoms with Gasteiger partial charge in [-0.3, -0.25) is 0 Å². The highest BCUT2D eigenvalue weighted by Crippen LogP contribution is 2.50. The number of nitrogens with zero attached hydrogens (tertiary/aromatic N) is 2. The summed E-state index contributed by atoms with van der Waals surface area (Å²) in [6.07, 6.45) is 0. The molecule has 0 aliphatic rings. The Morgan fingerprint density at radius 2 is 0.467 bits per heavy atom. The van der Waals surface area contributed by atoms with Gasteiger partial charge in [-0.1, -0.05) is 206 Å². The predicted octanol–water partition coefficient (Wildman–Crippen LogP) is 15.6. The van der Waals surface area contributed by atoms with Crippen LogP contribution in [0.1, 0.15) is 0 Å². The first kappa shape index (κ1) is 35.2. The van der Waals surface area contributed by atoms with Gasteiger partial charge in [0.05, 0.1) is 22.4 Å². The van der Waals surface area contributed by atoms with Crippen molar-refractivity contribution in [1.82, 2.24) is 9.13 Å². The van der Waals surface area contributed by atoms with E-state index < -0.39 is 0 Å². The van der Waals surface area contributed by atoms with Crippen LogP contribution in [0, 0.1) is 0 Å². The molecule has 0 fully saturated rings. The maximum Gasteiger partial charge on any atom is 0.0620 e. The molecule has 0 saturated carbocycles. The fourth-order valence-corrected chi connectivity index (χ4v) is 8.98. The minimum atomic E-state index is 1.11. The monoisotopic (exact) mass is 764 g/mol. The Morgan fingerprint density at radius 3 is 0.883 bits per heavy atom. The van der Waals surface area contributed by atoms with Crippen molar-refractivity contribution in [1.29, 1.82) is 0 Å². The average molecular weight is 765 g/mol. The van der Waals surface area contributed by atoms with Gasteiger partial charge in [-0.2, -0.15) is 0 Å². The summed E-state index contributed by atoms with van der Waals surface area (Å²) in [7, 11) is 0. The summed E-state index contributed by atoms with van der Waals surface area (Å²) in [5, 5.41) is 2.41. The molecule has 0 bridgehead atoms. The molecular formula is C58H40N2. The molecule has 0 unspecified atom stereocenters. The van der Waals surface area contributed by atoms with Crippen LogP contribution < -0.4 is 0 Å². The third-order valence-corrected chi connectivity index (χ3v) is 11.8. The zero-order valence-electron chi connectivity index (χ0n) is 33.0. The summed E-state index contributed by atoms with van der Waals surface area (Å²) < 4.78 is 4.93. The quantitative estimate of drug-likeness (QED) is 0.146. The molecule has 282 valence electrons. The van der Waals surface area contributed by atoms with Crippen molar-refractivity contribution in [2.45, 2.75) is 0 Å². The number of aromatic nitrogens is 2. The summed E-state index contributed by atoms with van der Waals surface area (Å²) in [4.78, 5) is 0. The Labute approximate surface area is 350 Å². The second kappa shape index (κ2) is 15.1. The predicted molar refractivity (Wildman–Crippen MR) is 253 cm³/mol. The second-order valence-corrected chi connectivity index (χ2v) is 15.3. The number of benzene rings is 9. The Morgan fingerprint density at radius 1 is 0.200 bits per heavy atom. The van der Waals surface area contributed by atoms with Gasteiger partial charge in [-0.05, 0) is 80.9 Å². The van der Waals surface area contributed by atoms with E-state index in [1.54, 1.807) is 0 Å². The molecule has 2 aromatic heterocycles. The van der Waals surface area contributed by atoms with E-state index in [0.717, 1.165) is 33.7 Å². The van der Waals surface area contributed by atoms with Crippen molar-refractivity contribution in [2.24, 2.45) is 0 Å². The highest BCUT2D eigenvalue weighted by atomic mass is 15.0. The maximum absolute atomic E-state index is 2.48. The molecule has 11 rings (SSSR count). The molecule has 0 spiro atoms. The van der Waals surface area contributed by atoms with Gasteiger partial charge >= 0.3 is 0 Å². The van der Waals surface area contributed by atoms with E-state index in [2.05, 4.69) is 252 Å². The SMILES string of the molecule is c1ccc(-c2ccc(-c3ccc(-c4c(-c5c(-c6ccccc6)n(-c6ccccc6)c6ccccc56)c5ccccc5n4-c4ccc(-c5ccccc5)cc4)cc3)cc2)cc1. The van der Waals surface area contributed by atoms with Gasteiger partial charge in [0.1, 0.15) is 0 Å². The molecule has 0 saturated heterocycles. The topological polar surface area (TPSA) is 9.86 Å². The summed E-state index contributed by atoms with van der Waals surface area (Å²) in [5.41, 5.74) is 18.8. The lowest BCUT2D eigenvalue weighted by molar-refractivity contribution is 1.13. The molecule has 0 aliphatic heterocycles. The molecule has 60 heavy (non-hydrogen) atoms. The highest BCUT2D eigenvalue weighted by Gasteiger charge is 2.28. The summed E-state index contributed by atoms with van der Waals surface area (Å²) >= 11 is 0. The number of hydrogen-bond acceptors (Lipinski definition) is 0. The van der Waals surface area contributed by atoms with Gasteiger partial charge in [0.2, 0.25) is 0 Å². The standard InChI is InChI=1S/C58H40N2/c1-5-17-41(18-6-1)43-29-31-44(32-30-43)45-33-35-48(36-34-45)58-56(52-26-14-16-28-54(52)60(58)50-39-37-46(38-40-50)42-19-7-2-8-20-42)55-51-25-13-15-27-53(51)59(49-23-11-4-12-24-49)57(55)47-21-9-3-10-22-47/h1-40H. The van der Waals surface area contributed by atoms with Crippen LogP contribution in [0.3, 0.4) is 0 Å². The lowest BCUT2D eigenvalue weighted by Gasteiger charge is -2.16. The Hall–Kier alpha value is -7.94. The molecule has 0 aliphatic carbocycles. The first-order chi connectivity index (χ1) is 29.8. The van der Waals surface area contributed by atoms with Crippen LogP contribution in [0.25, 0.3) is 100 Å². The van der Waals surface area contributed by atoms with Gasteiger partial charge < -0.3 is 9.13 Å². The van der Waals surface area contributed by atoms with Crippen molar-refractivity contribution >= 4 is 21.8 Å². The Kier molecular flexibility index (Phi) is 8.87. The molecule has 0 amide bonds. The highest BCUT2D eigenvalue weighted by molar-refractivity contribution is 6.16. The van der Waals surface area contributed by atoms with E-state index in [0.29, 0.717) is 0 Å². The molecule has 2 nitrogen and oxygen atoms in total.